The van der Waals surface area contributed by atoms with E-state index >= 15 is 0 Å². The number of anilines is 1. The zero-order valence-electron chi connectivity index (χ0n) is 17.1. The molecule has 6 heteroatoms. The Morgan fingerprint density at radius 1 is 0.750 bits per heavy atom. The van der Waals surface area contributed by atoms with E-state index in [4.69, 9.17) is 0 Å². The van der Waals surface area contributed by atoms with E-state index in [0.29, 0.717) is 11.1 Å². The van der Waals surface area contributed by atoms with Crippen LogP contribution in [0.1, 0.15) is 38.3 Å². The second-order valence-corrected chi connectivity index (χ2v) is 8.21. The van der Waals surface area contributed by atoms with Crippen molar-refractivity contribution >= 4 is 34.3 Å². The molecule has 156 valence electrons. The number of aromatic nitrogens is 1. The van der Waals surface area contributed by atoms with Crippen LogP contribution in [0.2, 0.25) is 0 Å². The number of nitrogens with zero attached hydrogens (tertiary/aromatic N) is 1. The van der Waals surface area contributed by atoms with Gasteiger partial charge in [0, 0.05) is 18.4 Å². The minimum atomic E-state index is -1.03. The van der Waals surface area contributed by atoms with Crippen LogP contribution in [-0.4, -0.2) is 34.2 Å². The Kier molecular flexibility index (Phi) is 3.86. The first-order valence-electron chi connectivity index (χ1n) is 10.5. The average molecular weight is 421 g/mol. The average Bonchev–Trinajstić information content (AvgIpc) is 3.47. The minimum Gasteiger partial charge on any atom is -0.361 e. The van der Waals surface area contributed by atoms with Crippen LogP contribution in [0.25, 0.3) is 10.9 Å². The number of carbonyl (C=O) groups is 3. The summed E-state index contributed by atoms with van der Waals surface area (Å²) < 4.78 is 0. The van der Waals surface area contributed by atoms with Gasteiger partial charge in [0.1, 0.15) is 5.41 Å². The summed E-state index contributed by atoms with van der Waals surface area (Å²) in [6.45, 7) is 0.130. The lowest BCUT2D eigenvalue weighted by Gasteiger charge is -2.30. The number of nitrogens with one attached hydrogen (secondary N) is 2. The van der Waals surface area contributed by atoms with E-state index in [2.05, 4.69) is 10.3 Å². The molecule has 0 unspecified atom stereocenters. The molecule has 3 aromatic carbocycles. The van der Waals surface area contributed by atoms with Crippen LogP contribution in [-0.2, 0) is 10.2 Å². The summed E-state index contributed by atoms with van der Waals surface area (Å²) in [5.74, 6) is -0.784. The Balaban J connectivity index is 1.47. The number of hydrogen-bond acceptors (Lipinski definition) is 3. The summed E-state index contributed by atoms with van der Waals surface area (Å²) in [6, 6.07) is 22.3. The number of carbonyl (C=O) groups excluding carboxylic acids is 3. The van der Waals surface area contributed by atoms with Crippen molar-refractivity contribution in [1.82, 2.24) is 9.88 Å². The van der Waals surface area contributed by atoms with Crippen LogP contribution in [0.4, 0.5) is 5.69 Å². The molecule has 32 heavy (non-hydrogen) atoms. The van der Waals surface area contributed by atoms with Crippen LogP contribution >= 0.6 is 0 Å². The predicted octanol–water partition coefficient (Wildman–Crippen LogP) is 4.09. The summed E-state index contributed by atoms with van der Waals surface area (Å²) >= 11 is 0. The number of benzene rings is 3. The van der Waals surface area contributed by atoms with Crippen molar-refractivity contribution in [2.24, 2.45) is 0 Å². The Labute approximate surface area is 183 Å². The quantitative estimate of drug-likeness (QED) is 0.487. The third-order valence-electron chi connectivity index (χ3n) is 6.66. The molecule has 6 rings (SSSR count). The third-order valence-corrected chi connectivity index (χ3v) is 6.66. The number of hydrogen-bond donors (Lipinski definition) is 2. The third kappa shape index (κ3) is 2.37. The number of amides is 3. The van der Waals surface area contributed by atoms with Gasteiger partial charge in [-0.05, 0) is 47.2 Å². The molecule has 3 amide bonds. The predicted molar refractivity (Wildman–Crippen MR) is 121 cm³/mol. The molecule has 2 aliphatic heterocycles. The van der Waals surface area contributed by atoms with Gasteiger partial charge in [-0.1, -0.05) is 48.5 Å². The first-order chi connectivity index (χ1) is 15.6. The SMILES string of the molecule is O=C1c2ccccc2C(=O)N1CC[C@]1(c2cccc3cc[nH]c23)C(=O)Nc2ccccc21. The van der Waals surface area contributed by atoms with Crippen molar-refractivity contribution < 1.29 is 14.4 Å². The van der Waals surface area contributed by atoms with Crippen LogP contribution in [0.15, 0.2) is 79.0 Å². The second kappa shape index (κ2) is 6.65. The van der Waals surface area contributed by atoms with Crippen LogP contribution in [0.3, 0.4) is 0 Å². The molecule has 4 aromatic rings. The molecule has 1 aromatic heterocycles. The molecule has 0 aliphatic carbocycles. The summed E-state index contributed by atoms with van der Waals surface area (Å²) in [5, 5.41) is 4.02. The zero-order valence-corrected chi connectivity index (χ0v) is 17.1. The number of H-pyrrole nitrogens is 1. The Hall–Kier alpha value is -4.19. The molecule has 0 saturated carbocycles. The van der Waals surface area contributed by atoms with Gasteiger partial charge in [-0.2, -0.15) is 0 Å². The standard InChI is InChI=1S/C26H19N3O3/c30-23-17-7-1-2-8-18(17)24(31)29(23)15-13-26(19-9-3-4-11-21(19)28-25(26)32)20-10-5-6-16-12-14-27-22(16)20/h1-12,14,27H,13,15H2,(H,28,32)/t26-/m0/s1. The summed E-state index contributed by atoms with van der Waals surface area (Å²) in [4.78, 5) is 44.0. The van der Waals surface area contributed by atoms with Crippen molar-refractivity contribution in [2.45, 2.75) is 11.8 Å². The van der Waals surface area contributed by atoms with Crippen LogP contribution in [0.5, 0.6) is 0 Å². The smallest absolute Gasteiger partial charge is 0.261 e. The van der Waals surface area contributed by atoms with Crippen molar-refractivity contribution in [2.75, 3.05) is 11.9 Å². The highest BCUT2D eigenvalue weighted by Gasteiger charge is 2.50. The van der Waals surface area contributed by atoms with Gasteiger partial charge >= 0.3 is 0 Å². The summed E-state index contributed by atoms with van der Waals surface area (Å²) in [7, 11) is 0. The number of imide groups is 1. The molecule has 1 atom stereocenters. The van der Waals surface area contributed by atoms with E-state index in [1.807, 2.05) is 54.7 Å². The second-order valence-electron chi connectivity index (χ2n) is 8.21. The van der Waals surface area contributed by atoms with Crippen molar-refractivity contribution in [1.29, 1.82) is 0 Å². The summed E-state index contributed by atoms with van der Waals surface area (Å²) in [5.41, 5.74) is 3.10. The summed E-state index contributed by atoms with van der Waals surface area (Å²) in [6.07, 6.45) is 2.13. The van der Waals surface area contributed by atoms with Gasteiger partial charge < -0.3 is 10.3 Å². The topological polar surface area (TPSA) is 82.3 Å². The van der Waals surface area contributed by atoms with Gasteiger partial charge in [-0.15, -0.1) is 0 Å². The number of para-hydroxylation sites is 2. The van der Waals surface area contributed by atoms with Crippen molar-refractivity contribution in [3.8, 4) is 0 Å². The van der Waals surface area contributed by atoms with Gasteiger partial charge in [0.05, 0.1) is 16.6 Å². The molecular weight excluding hydrogens is 402 g/mol. The molecule has 2 aliphatic rings. The van der Waals surface area contributed by atoms with Gasteiger partial charge in [0.15, 0.2) is 0 Å². The molecule has 3 heterocycles. The molecule has 2 N–H and O–H groups in total. The first kappa shape index (κ1) is 18.6. The van der Waals surface area contributed by atoms with Gasteiger partial charge in [-0.25, -0.2) is 0 Å². The normalized spacial score (nSPS) is 19.4. The maximum Gasteiger partial charge on any atom is 0.261 e. The van der Waals surface area contributed by atoms with Crippen LogP contribution < -0.4 is 5.32 Å². The van der Waals surface area contributed by atoms with E-state index in [0.717, 1.165) is 27.7 Å². The molecule has 0 bridgehead atoms. The molecule has 0 spiro atoms. The minimum absolute atomic E-state index is 0.130. The van der Waals surface area contributed by atoms with Gasteiger partial charge in [0.2, 0.25) is 5.91 Å². The maximum absolute atomic E-state index is 13.6. The van der Waals surface area contributed by atoms with E-state index in [9.17, 15) is 14.4 Å². The van der Waals surface area contributed by atoms with Crippen LogP contribution in [0, 0.1) is 0 Å². The highest BCUT2D eigenvalue weighted by molar-refractivity contribution is 6.21. The highest BCUT2D eigenvalue weighted by Crippen LogP contribution is 2.47. The van der Waals surface area contributed by atoms with E-state index < -0.39 is 5.41 Å². The van der Waals surface area contributed by atoms with E-state index in [-0.39, 0.29) is 30.7 Å². The Morgan fingerprint density at radius 3 is 2.22 bits per heavy atom. The monoisotopic (exact) mass is 421 g/mol. The molecular formula is C26H19N3O3. The number of fused-ring (bicyclic) bond motifs is 3. The van der Waals surface area contributed by atoms with E-state index in [1.54, 1.807) is 24.3 Å². The lowest BCUT2D eigenvalue weighted by atomic mass is 9.72. The lowest BCUT2D eigenvalue weighted by Crippen LogP contribution is -2.41. The molecule has 0 fully saturated rings. The molecule has 0 saturated heterocycles. The fourth-order valence-electron chi connectivity index (χ4n) is 5.13. The lowest BCUT2D eigenvalue weighted by molar-refractivity contribution is -0.119. The first-order valence-corrected chi connectivity index (χ1v) is 10.5. The zero-order chi connectivity index (χ0) is 21.9. The molecule has 0 radical (unpaired) electrons. The maximum atomic E-state index is 13.6. The van der Waals surface area contributed by atoms with Gasteiger partial charge in [0.25, 0.3) is 11.8 Å². The fourth-order valence-corrected chi connectivity index (χ4v) is 5.13. The largest absolute Gasteiger partial charge is 0.361 e. The van der Waals surface area contributed by atoms with E-state index in [1.165, 1.54) is 4.90 Å². The van der Waals surface area contributed by atoms with Gasteiger partial charge in [-0.3, -0.25) is 19.3 Å². The number of aromatic amines is 1. The van der Waals surface area contributed by atoms with Crippen molar-refractivity contribution in [3.63, 3.8) is 0 Å². The Bertz CT molecular complexity index is 1400. The number of rotatable bonds is 4. The Morgan fingerprint density at radius 2 is 1.44 bits per heavy atom. The fraction of sp³-hybridized carbons (Fsp3) is 0.115. The highest BCUT2D eigenvalue weighted by atomic mass is 16.2. The molecule has 6 nitrogen and oxygen atoms in total. The van der Waals surface area contributed by atoms with Crippen molar-refractivity contribution in [3.05, 3.63) is 101 Å².